The van der Waals surface area contributed by atoms with Crippen molar-refractivity contribution in [3.8, 4) is 0 Å². The number of pyridine rings is 1. The van der Waals surface area contributed by atoms with Crippen molar-refractivity contribution in [3.63, 3.8) is 0 Å². The van der Waals surface area contributed by atoms with E-state index in [1.807, 2.05) is 31.2 Å². The van der Waals surface area contributed by atoms with E-state index in [1.54, 1.807) is 0 Å². The minimum absolute atomic E-state index is 0.0515. The van der Waals surface area contributed by atoms with Crippen LogP contribution >= 0.6 is 15.9 Å². The number of carbonyl (C=O) groups excluding carboxylic acids is 1. The van der Waals surface area contributed by atoms with Crippen molar-refractivity contribution in [2.24, 2.45) is 0 Å². The van der Waals surface area contributed by atoms with Crippen molar-refractivity contribution < 1.29 is 9.18 Å². The molecule has 0 aliphatic rings. The fourth-order valence-corrected chi connectivity index (χ4v) is 2.11. The Labute approximate surface area is 119 Å². The normalized spacial score (nSPS) is 11.9. The van der Waals surface area contributed by atoms with Crippen LogP contribution in [0.2, 0.25) is 0 Å². The van der Waals surface area contributed by atoms with Crippen LogP contribution in [0.25, 0.3) is 0 Å². The zero-order valence-corrected chi connectivity index (χ0v) is 11.8. The Morgan fingerprint density at radius 1 is 1.37 bits per heavy atom. The second-order valence-electron chi connectivity index (χ2n) is 4.09. The van der Waals surface area contributed by atoms with Crippen molar-refractivity contribution >= 4 is 21.8 Å². The minimum Gasteiger partial charge on any atom is -0.345 e. The van der Waals surface area contributed by atoms with Gasteiger partial charge in [-0.3, -0.25) is 4.79 Å². The van der Waals surface area contributed by atoms with Gasteiger partial charge in [0.15, 0.2) is 0 Å². The molecule has 2 rings (SSSR count). The summed E-state index contributed by atoms with van der Waals surface area (Å²) in [6.45, 7) is 1.84. The van der Waals surface area contributed by atoms with Crippen LogP contribution in [0.15, 0.2) is 47.1 Å². The summed E-state index contributed by atoms with van der Waals surface area (Å²) in [5.41, 5.74) is 0.886. The van der Waals surface area contributed by atoms with E-state index in [0.717, 1.165) is 10.0 Å². The molecular weight excluding hydrogens is 311 g/mol. The highest BCUT2D eigenvalue weighted by atomic mass is 79.9. The third kappa shape index (κ3) is 3.38. The summed E-state index contributed by atoms with van der Waals surface area (Å²) in [6.07, 6.45) is 1.31. The first-order valence-electron chi connectivity index (χ1n) is 5.75. The Kier molecular flexibility index (Phi) is 4.27. The molecule has 1 aromatic carbocycles. The number of aromatic nitrogens is 1. The molecule has 0 saturated heterocycles. The molecule has 2 aromatic rings. The summed E-state index contributed by atoms with van der Waals surface area (Å²) in [5, 5.41) is 2.74. The minimum atomic E-state index is -0.763. The molecule has 0 fully saturated rings. The second kappa shape index (κ2) is 5.93. The number of amides is 1. The van der Waals surface area contributed by atoms with Crippen LogP contribution < -0.4 is 5.32 Å². The fourth-order valence-electron chi connectivity index (χ4n) is 1.69. The number of nitrogens with one attached hydrogen (secondary N) is 1. The SMILES string of the molecule is CC(NC(=O)c1cccnc1F)c1cccc(Br)c1. The van der Waals surface area contributed by atoms with Gasteiger partial charge in [0.2, 0.25) is 5.95 Å². The summed E-state index contributed by atoms with van der Waals surface area (Å²) >= 11 is 3.37. The number of halogens is 2. The predicted octanol–water partition coefficient (Wildman–Crippen LogP) is 3.47. The summed E-state index contributed by atoms with van der Waals surface area (Å²) in [6, 6.07) is 10.3. The van der Waals surface area contributed by atoms with Gasteiger partial charge in [-0.15, -0.1) is 0 Å². The molecule has 3 nitrogen and oxygen atoms in total. The molecule has 1 aromatic heterocycles. The summed E-state index contributed by atoms with van der Waals surface area (Å²) in [7, 11) is 0. The van der Waals surface area contributed by atoms with Gasteiger partial charge in [-0.2, -0.15) is 4.39 Å². The van der Waals surface area contributed by atoms with E-state index in [4.69, 9.17) is 0 Å². The summed E-state index contributed by atoms with van der Waals surface area (Å²) in [4.78, 5) is 15.4. The van der Waals surface area contributed by atoms with Gasteiger partial charge in [0.05, 0.1) is 11.6 Å². The van der Waals surface area contributed by atoms with Gasteiger partial charge in [0.1, 0.15) is 0 Å². The molecule has 98 valence electrons. The van der Waals surface area contributed by atoms with Crippen molar-refractivity contribution in [1.82, 2.24) is 10.3 Å². The molecule has 19 heavy (non-hydrogen) atoms. The van der Waals surface area contributed by atoms with E-state index < -0.39 is 11.9 Å². The predicted molar refractivity (Wildman–Crippen MR) is 74.2 cm³/mol. The molecule has 5 heteroatoms. The number of nitrogens with zero attached hydrogens (tertiary/aromatic N) is 1. The highest BCUT2D eigenvalue weighted by Crippen LogP contribution is 2.18. The van der Waals surface area contributed by atoms with Crippen LogP contribution in [0.4, 0.5) is 4.39 Å². The molecule has 0 radical (unpaired) electrons. The lowest BCUT2D eigenvalue weighted by Crippen LogP contribution is -2.27. The maximum absolute atomic E-state index is 13.4. The van der Waals surface area contributed by atoms with Crippen LogP contribution in [0.5, 0.6) is 0 Å². The van der Waals surface area contributed by atoms with E-state index in [2.05, 4.69) is 26.2 Å². The zero-order chi connectivity index (χ0) is 13.8. The topological polar surface area (TPSA) is 42.0 Å². The average molecular weight is 323 g/mol. The average Bonchev–Trinajstić information content (AvgIpc) is 2.39. The molecule has 1 unspecified atom stereocenters. The van der Waals surface area contributed by atoms with E-state index in [1.165, 1.54) is 18.3 Å². The van der Waals surface area contributed by atoms with Crippen LogP contribution in [-0.4, -0.2) is 10.9 Å². The van der Waals surface area contributed by atoms with Gasteiger partial charge in [-0.25, -0.2) is 4.98 Å². The van der Waals surface area contributed by atoms with Crippen LogP contribution in [0, 0.1) is 5.95 Å². The van der Waals surface area contributed by atoms with Gasteiger partial charge in [0, 0.05) is 10.7 Å². The molecule has 1 heterocycles. The van der Waals surface area contributed by atoms with Crippen molar-refractivity contribution in [2.45, 2.75) is 13.0 Å². The first-order valence-corrected chi connectivity index (χ1v) is 6.54. The second-order valence-corrected chi connectivity index (χ2v) is 5.01. The third-order valence-corrected chi connectivity index (χ3v) is 3.19. The Balaban J connectivity index is 2.13. The lowest BCUT2D eigenvalue weighted by atomic mass is 10.1. The molecule has 0 aliphatic carbocycles. The number of rotatable bonds is 3. The van der Waals surface area contributed by atoms with Crippen LogP contribution in [0.3, 0.4) is 0 Å². The first-order chi connectivity index (χ1) is 9.08. The van der Waals surface area contributed by atoms with E-state index in [-0.39, 0.29) is 11.6 Å². The Morgan fingerprint density at radius 3 is 2.84 bits per heavy atom. The smallest absolute Gasteiger partial charge is 0.256 e. The zero-order valence-electron chi connectivity index (χ0n) is 10.2. The van der Waals surface area contributed by atoms with Crippen molar-refractivity contribution in [3.05, 3.63) is 64.1 Å². The van der Waals surface area contributed by atoms with E-state index >= 15 is 0 Å². The quantitative estimate of drug-likeness (QED) is 0.879. The molecule has 0 saturated carbocycles. The van der Waals surface area contributed by atoms with Crippen LogP contribution in [0.1, 0.15) is 28.9 Å². The van der Waals surface area contributed by atoms with Crippen molar-refractivity contribution in [2.75, 3.05) is 0 Å². The lowest BCUT2D eigenvalue weighted by molar-refractivity contribution is 0.0935. The van der Waals surface area contributed by atoms with Gasteiger partial charge in [-0.1, -0.05) is 28.1 Å². The summed E-state index contributed by atoms with van der Waals surface area (Å²) < 4.78 is 14.3. The highest BCUT2D eigenvalue weighted by Gasteiger charge is 2.15. The molecule has 1 N–H and O–H groups in total. The molecule has 1 atom stereocenters. The molecule has 0 bridgehead atoms. The Bertz CT molecular complexity index is 604. The lowest BCUT2D eigenvalue weighted by Gasteiger charge is -2.14. The molecule has 0 spiro atoms. The highest BCUT2D eigenvalue weighted by molar-refractivity contribution is 9.10. The number of benzene rings is 1. The van der Waals surface area contributed by atoms with Gasteiger partial charge < -0.3 is 5.32 Å². The number of hydrogen-bond acceptors (Lipinski definition) is 2. The standard InChI is InChI=1S/C14H12BrFN2O/c1-9(10-4-2-5-11(15)8-10)18-14(19)12-6-3-7-17-13(12)16/h2-9H,1H3,(H,18,19). The molecule has 1 amide bonds. The van der Waals surface area contributed by atoms with Gasteiger partial charge in [0.25, 0.3) is 5.91 Å². The van der Waals surface area contributed by atoms with Gasteiger partial charge in [-0.05, 0) is 36.8 Å². The van der Waals surface area contributed by atoms with E-state index in [0.29, 0.717) is 0 Å². The third-order valence-electron chi connectivity index (χ3n) is 2.70. The van der Waals surface area contributed by atoms with E-state index in [9.17, 15) is 9.18 Å². The molecule has 0 aliphatic heterocycles. The monoisotopic (exact) mass is 322 g/mol. The Morgan fingerprint density at radius 2 is 2.16 bits per heavy atom. The Hall–Kier alpha value is -1.75. The molecular formula is C14H12BrFN2O. The largest absolute Gasteiger partial charge is 0.345 e. The van der Waals surface area contributed by atoms with Gasteiger partial charge >= 0.3 is 0 Å². The number of carbonyl (C=O) groups is 1. The van der Waals surface area contributed by atoms with Crippen molar-refractivity contribution in [1.29, 1.82) is 0 Å². The van der Waals surface area contributed by atoms with Crippen LogP contribution in [-0.2, 0) is 0 Å². The fraction of sp³-hybridized carbons (Fsp3) is 0.143. The number of hydrogen-bond donors (Lipinski definition) is 1. The first kappa shape index (κ1) is 13.7. The summed E-state index contributed by atoms with van der Waals surface area (Å²) in [5.74, 6) is -1.24. The maximum Gasteiger partial charge on any atom is 0.256 e. The maximum atomic E-state index is 13.4.